The molecule has 0 aliphatic heterocycles. The van der Waals surface area contributed by atoms with Crippen LogP contribution in [0.2, 0.25) is 10.0 Å². The van der Waals surface area contributed by atoms with Gasteiger partial charge in [-0.25, -0.2) is 0 Å². The van der Waals surface area contributed by atoms with Crippen molar-refractivity contribution in [2.75, 3.05) is 0 Å². The van der Waals surface area contributed by atoms with Crippen molar-refractivity contribution in [1.29, 1.82) is 0 Å². The molecule has 1 amide bonds. The van der Waals surface area contributed by atoms with E-state index in [-0.39, 0.29) is 18.4 Å². The van der Waals surface area contributed by atoms with Crippen LogP contribution in [0.3, 0.4) is 0 Å². The molecule has 3 aromatic rings. The van der Waals surface area contributed by atoms with Crippen LogP contribution in [0.5, 0.6) is 0 Å². The molecule has 128 valence electrons. The van der Waals surface area contributed by atoms with Gasteiger partial charge in [0.2, 0.25) is 5.91 Å². The molecule has 0 aliphatic carbocycles. The van der Waals surface area contributed by atoms with Gasteiger partial charge in [-0.15, -0.1) is 11.3 Å². The molecule has 1 aromatic heterocycles. The van der Waals surface area contributed by atoms with E-state index in [2.05, 4.69) is 5.32 Å². The molecule has 1 heterocycles. The van der Waals surface area contributed by atoms with Gasteiger partial charge in [0.05, 0.1) is 12.5 Å². The predicted octanol–water partition coefficient (Wildman–Crippen LogP) is 5.81. The van der Waals surface area contributed by atoms with E-state index in [4.69, 9.17) is 23.2 Å². The number of amides is 1. The Hall–Kier alpha value is -1.81. The molecule has 0 fully saturated rings. The average molecular weight is 390 g/mol. The summed E-state index contributed by atoms with van der Waals surface area (Å²) in [7, 11) is 0. The topological polar surface area (TPSA) is 29.1 Å². The molecular formula is C20H17Cl2NOS. The Morgan fingerprint density at radius 1 is 1.04 bits per heavy atom. The zero-order valence-electron chi connectivity index (χ0n) is 13.6. The third-order valence-corrected chi connectivity index (χ3v) is 5.59. The van der Waals surface area contributed by atoms with E-state index in [0.29, 0.717) is 15.6 Å². The van der Waals surface area contributed by atoms with Crippen molar-refractivity contribution in [2.45, 2.75) is 19.4 Å². The summed E-state index contributed by atoms with van der Waals surface area (Å²) in [5.74, 6) is -0.117. The molecule has 0 radical (unpaired) electrons. The Labute approximate surface area is 161 Å². The van der Waals surface area contributed by atoms with Gasteiger partial charge in [0.25, 0.3) is 0 Å². The first-order chi connectivity index (χ1) is 12.0. The highest BCUT2D eigenvalue weighted by Crippen LogP contribution is 2.28. The SMILES string of the molecule is Cc1ccc([C@@H](NC(=O)Cc2c(Cl)cccc2Cl)c2cccs2)cc1. The van der Waals surface area contributed by atoms with E-state index in [1.54, 1.807) is 29.5 Å². The lowest BCUT2D eigenvalue weighted by Gasteiger charge is -2.19. The number of carbonyl (C=O) groups excluding carboxylic acids is 1. The van der Waals surface area contributed by atoms with Gasteiger partial charge in [-0.2, -0.15) is 0 Å². The van der Waals surface area contributed by atoms with E-state index in [9.17, 15) is 4.79 Å². The van der Waals surface area contributed by atoms with E-state index >= 15 is 0 Å². The molecule has 0 saturated heterocycles. The third-order valence-electron chi connectivity index (χ3n) is 3.94. The first-order valence-electron chi connectivity index (χ1n) is 7.87. The van der Waals surface area contributed by atoms with Gasteiger partial charge in [-0.1, -0.05) is 65.2 Å². The van der Waals surface area contributed by atoms with Gasteiger partial charge in [0.15, 0.2) is 0 Å². The Balaban J connectivity index is 1.83. The van der Waals surface area contributed by atoms with Gasteiger partial charge in [0.1, 0.15) is 0 Å². The first kappa shape index (κ1) is 18.0. The number of hydrogen-bond donors (Lipinski definition) is 1. The summed E-state index contributed by atoms with van der Waals surface area (Å²) in [6, 6.07) is 17.3. The molecule has 2 aromatic carbocycles. The zero-order chi connectivity index (χ0) is 17.8. The standard InChI is InChI=1S/C20H17Cl2NOS/c1-13-7-9-14(10-8-13)20(18-6-3-11-25-18)23-19(24)12-15-16(21)4-2-5-17(15)22/h2-11,20H,12H2,1H3,(H,23,24)/t20-/m1/s1. The smallest absolute Gasteiger partial charge is 0.225 e. The summed E-state index contributed by atoms with van der Waals surface area (Å²) in [5, 5.41) is 6.13. The van der Waals surface area contributed by atoms with E-state index < -0.39 is 0 Å². The molecule has 1 atom stereocenters. The van der Waals surface area contributed by atoms with Crippen molar-refractivity contribution in [3.8, 4) is 0 Å². The molecule has 0 unspecified atom stereocenters. The lowest BCUT2D eigenvalue weighted by atomic mass is 10.0. The van der Waals surface area contributed by atoms with Gasteiger partial charge < -0.3 is 5.32 Å². The van der Waals surface area contributed by atoms with Crippen molar-refractivity contribution < 1.29 is 4.79 Å². The molecular weight excluding hydrogens is 373 g/mol. The van der Waals surface area contributed by atoms with E-state index in [0.717, 1.165) is 10.4 Å². The maximum absolute atomic E-state index is 12.6. The monoisotopic (exact) mass is 389 g/mol. The second kappa shape index (κ2) is 8.05. The minimum Gasteiger partial charge on any atom is -0.344 e. The highest BCUT2D eigenvalue weighted by atomic mass is 35.5. The number of carbonyl (C=O) groups is 1. The quantitative estimate of drug-likeness (QED) is 0.585. The summed E-state index contributed by atoms with van der Waals surface area (Å²) in [4.78, 5) is 13.7. The van der Waals surface area contributed by atoms with Crippen LogP contribution in [0.4, 0.5) is 0 Å². The molecule has 3 rings (SSSR count). The summed E-state index contributed by atoms with van der Waals surface area (Å²) in [5.41, 5.74) is 2.88. The lowest BCUT2D eigenvalue weighted by Crippen LogP contribution is -2.30. The Bertz CT molecular complexity index is 840. The molecule has 5 heteroatoms. The highest BCUT2D eigenvalue weighted by Gasteiger charge is 2.19. The van der Waals surface area contributed by atoms with Crippen molar-refractivity contribution >= 4 is 40.4 Å². The number of hydrogen-bond acceptors (Lipinski definition) is 2. The number of halogens is 2. The number of benzene rings is 2. The van der Waals surface area contributed by atoms with Gasteiger partial charge in [0, 0.05) is 14.9 Å². The number of rotatable bonds is 5. The average Bonchev–Trinajstić information content (AvgIpc) is 3.11. The van der Waals surface area contributed by atoms with Gasteiger partial charge in [-0.3, -0.25) is 4.79 Å². The minimum absolute atomic E-state index is 0.117. The highest BCUT2D eigenvalue weighted by molar-refractivity contribution is 7.10. The maximum atomic E-state index is 12.6. The molecule has 2 nitrogen and oxygen atoms in total. The second-order valence-corrected chi connectivity index (χ2v) is 7.60. The van der Waals surface area contributed by atoms with Crippen LogP contribution >= 0.6 is 34.5 Å². The first-order valence-corrected chi connectivity index (χ1v) is 9.50. The van der Waals surface area contributed by atoms with Gasteiger partial charge >= 0.3 is 0 Å². The number of thiophene rings is 1. The minimum atomic E-state index is -0.186. The van der Waals surface area contributed by atoms with Crippen molar-refractivity contribution in [3.63, 3.8) is 0 Å². The maximum Gasteiger partial charge on any atom is 0.225 e. The summed E-state index contributed by atoms with van der Waals surface area (Å²) >= 11 is 14.0. The predicted molar refractivity (Wildman–Crippen MR) is 106 cm³/mol. The van der Waals surface area contributed by atoms with Crippen LogP contribution < -0.4 is 5.32 Å². The third kappa shape index (κ3) is 4.43. The molecule has 25 heavy (non-hydrogen) atoms. The van der Waals surface area contributed by atoms with Crippen molar-refractivity contribution in [1.82, 2.24) is 5.32 Å². The molecule has 0 aliphatic rings. The summed E-state index contributed by atoms with van der Waals surface area (Å²) in [6.07, 6.45) is 0.145. The summed E-state index contributed by atoms with van der Waals surface area (Å²) < 4.78 is 0. The van der Waals surface area contributed by atoms with E-state index in [1.165, 1.54) is 5.56 Å². The largest absolute Gasteiger partial charge is 0.344 e. The Kier molecular flexibility index (Phi) is 5.79. The fourth-order valence-corrected chi connectivity index (χ4v) is 3.94. The molecule has 1 N–H and O–H groups in total. The zero-order valence-corrected chi connectivity index (χ0v) is 16.0. The Morgan fingerprint density at radius 2 is 1.72 bits per heavy atom. The van der Waals surface area contributed by atoms with Crippen LogP contribution in [-0.2, 0) is 11.2 Å². The van der Waals surface area contributed by atoms with Crippen LogP contribution in [0.1, 0.15) is 27.6 Å². The van der Waals surface area contributed by atoms with Gasteiger partial charge in [-0.05, 0) is 41.6 Å². The van der Waals surface area contributed by atoms with Crippen LogP contribution in [0.25, 0.3) is 0 Å². The fraction of sp³-hybridized carbons (Fsp3) is 0.150. The molecule has 0 saturated carbocycles. The normalized spacial score (nSPS) is 12.0. The molecule has 0 bridgehead atoms. The second-order valence-electron chi connectivity index (χ2n) is 5.80. The fourth-order valence-electron chi connectivity index (χ4n) is 2.61. The van der Waals surface area contributed by atoms with E-state index in [1.807, 2.05) is 48.7 Å². The van der Waals surface area contributed by atoms with Crippen LogP contribution in [-0.4, -0.2) is 5.91 Å². The van der Waals surface area contributed by atoms with Crippen molar-refractivity contribution in [3.05, 3.63) is 91.6 Å². The van der Waals surface area contributed by atoms with Crippen LogP contribution in [0, 0.1) is 6.92 Å². The number of aryl methyl sites for hydroxylation is 1. The number of nitrogens with one attached hydrogen (secondary N) is 1. The van der Waals surface area contributed by atoms with Crippen LogP contribution in [0.15, 0.2) is 60.0 Å². The lowest BCUT2D eigenvalue weighted by molar-refractivity contribution is -0.120. The Morgan fingerprint density at radius 3 is 2.32 bits per heavy atom. The van der Waals surface area contributed by atoms with Crippen molar-refractivity contribution in [2.24, 2.45) is 0 Å². The molecule has 0 spiro atoms. The summed E-state index contributed by atoms with van der Waals surface area (Å²) in [6.45, 7) is 2.04.